The molecular formula is C15H27N3O3. The lowest BCUT2D eigenvalue weighted by Gasteiger charge is -2.45. The Labute approximate surface area is 126 Å². The number of amides is 2. The molecule has 0 radical (unpaired) electrons. The van der Waals surface area contributed by atoms with Crippen LogP contribution >= 0.6 is 0 Å². The molecule has 6 nitrogen and oxygen atoms in total. The van der Waals surface area contributed by atoms with Crippen molar-refractivity contribution in [2.45, 2.75) is 33.2 Å². The van der Waals surface area contributed by atoms with E-state index in [-0.39, 0.29) is 17.9 Å². The first-order valence-corrected chi connectivity index (χ1v) is 7.94. The number of rotatable bonds is 4. The number of hydrogen-bond donors (Lipinski definition) is 1. The first-order chi connectivity index (χ1) is 9.93. The summed E-state index contributed by atoms with van der Waals surface area (Å²) in [7, 11) is 0. The Morgan fingerprint density at radius 1 is 1.10 bits per heavy atom. The summed E-state index contributed by atoms with van der Waals surface area (Å²) in [6.07, 6.45) is 1.13. The van der Waals surface area contributed by atoms with Gasteiger partial charge in [0, 0.05) is 51.2 Å². The van der Waals surface area contributed by atoms with Crippen molar-refractivity contribution in [3.05, 3.63) is 0 Å². The van der Waals surface area contributed by atoms with Crippen molar-refractivity contribution in [1.82, 2.24) is 14.7 Å². The molecule has 0 bridgehead atoms. The lowest BCUT2D eigenvalue weighted by molar-refractivity contribution is -0.144. The summed E-state index contributed by atoms with van der Waals surface area (Å²) in [6, 6.07) is 0.652. The van der Waals surface area contributed by atoms with E-state index >= 15 is 0 Å². The van der Waals surface area contributed by atoms with Crippen LogP contribution in [0.1, 0.15) is 27.2 Å². The zero-order valence-corrected chi connectivity index (χ0v) is 13.3. The quantitative estimate of drug-likeness (QED) is 0.846. The van der Waals surface area contributed by atoms with Gasteiger partial charge in [-0.1, -0.05) is 13.8 Å². The minimum Gasteiger partial charge on any atom is -0.481 e. The molecule has 2 unspecified atom stereocenters. The fraction of sp³-hybridized carbons (Fsp3) is 0.867. The summed E-state index contributed by atoms with van der Waals surface area (Å²) in [4.78, 5) is 29.4. The molecule has 0 saturated carbocycles. The lowest BCUT2D eigenvalue weighted by Crippen LogP contribution is -2.60. The lowest BCUT2D eigenvalue weighted by atomic mass is 9.87. The van der Waals surface area contributed by atoms with Crippen LogP contribution in [0.3, 0.4) is 0 Å². The fourth-order valence-corrected chi connectivity index (χ4v) is 3.00. The van der Waals surface area contributed by atoms with Gasteiger partial charge in [0.1, 0.15) is 0 Å². The van der Waals surface area contributed by atoms with Gasteiger partial charge < -0.3 is 14.9 Å². The van der Waals surface area contributed by atoms with Crippen molar-refractivity contribution in [3.63, 3.8) is 0 Å². The Morgan fingerprint density at radius 3 is 2.14 bits per heavy atom. The molecule has 2 atom stereocenters. The molecular weight excluding hydrogens is 270 g/mol. The number of nitrogens with zero attached hydrogens (tertiary/aromatic N) is 3. The zero-order valence-electron chi connectivity index (χ0n) is 13.3. The first kappa shape index (κ1) is 16.1. The van der Waals surface area contributed by atoms with Crippen LogP contribution in [-0.4, -0.2) is 77.1 Å². The molecule has 120 valence electrons. The van der Waals surface area contributed by atoms with Gasteiger partial charge in [0.15, 0.2) is 0 Å². The van der Waals surface area contributed by atoms with Crippen molar-refractivity contribution < 1.29 is 14.7 Å². The van der Waals surface area contributed by atoms with Crippen LogP contribution < -0.4 is 0 Å². The maximum atomic E-state index is 12.4. The topological polar surface area (TPSA) is 64.1 Å². The van der Waals surface area contributed by atoms with E-state index in [1.165, 1.54) is 0 Å². The number of carboxylic acids is 1. The van der Waals surface area contributed by atoms with E-state index in [1.54, 1.807) is 11.8 Å². The Bertz CT molecular complexity index is 388. The zero-order chi connectivity index (χ0) is 15.6. The minimum atomic E-state index is -0.769. The van der Waals surface area contributed by atoms with E-state index in [2.05, 4.69) is 18.7 Å². The van der Waals surface area contributed by atoms with Gasteiger partial charge in [-0.25, -0.2) is 4.79 Å². The molecule has 2 amide bonds. The van der Waals surface area contributed by atoms with Crippen LogP contribution in [0.15, 0.2) is 0 Å². The predicted octanol–water partition coefficient (Wildman–Crippen LogP) is 1.18. The number of piperazine rings is 1. The molecule has 0 aromatic rings. The summed E-state index contributed by atoms with van der Waals surface area (Å²) in [6.45, 7) is 10.7. The molecule has 2 rings (SSSR count). The number of hydrogen-bond acceptors (Lipinski definition) is 3. The monoisotopic (exact) mass is 297 g/mol. The van der Waals surface area contributed by atoms with E-state index in [0.29, 0.717) is 19.1 Å². The Kier molecular flexibility index (Phi) is 5.08. The standard InChI is InChI=1S/C15H27N3O3/c1-4-11(2)16-5-7-17(8-6-16)15(21)18-9-13(10-18)12(3)14(19)20/h11-13H,4-10H2,1-3H3,(H,19,20). The summed E-state index contributed by atoms with van der Waals surface area (Å²) in [5.74, 6) is -1.03. The van der Waals surface area contributed by atoms with Crippen LogP contribution in [-0.2, 0) is 4.79 Å². The maximum absolute atomic E-state index is 12.4. The maximum Gasteiger partial charge on any atom is 0.320 e. The van der Waals surface area contributed by atoms with Gasteiger partial charge in [-0.15, -0.1) is 0 Å². The third kappa shape index (κ3) is 3.48. The van der Waals surface area contributed by atoms with Crippen molar-refractivity contribution in [3.8, 4) is 0 Å². The highest BCUT2D eigenvalue weighted by molar-refractivity contribution is 5.76. The van der Waals surface area contributed by atoms with Crippen LogP contribution in [0.25, 0.3) is 0 Å². The van der Waals surface area contributed by atoms with Gasteiger partial charge in [-0.05, 0) is 13.3 Å². The number of urea groups is 1. The second-order valence-electron chi connectivity index (χ2n) is 6.35. The number of carbonyl (C=O) groups is 2. The predicted molar refractivity (Wildman–Crippen MR) is 80.2 cm³/mol. The molecule has 2 aliphatic heterocycles. The number of carboxylic acid groups (broad SMARTS) is 1. The largest absolute Gasteiger partial charge is 0.481 e. The number of likely N-dealkylation sites (tertiary alicyclic amines) is 1. The summed E-state index contributed by atoms with van der Waals surface area (Å²) in [5.41, 5.74) is 0. The van der Waals surface area contributed by atoms with Gasteiger partial charge >= 0.3 is 12.0 Å². The van der Waals surface area contributed by atoms with E-state index in [1.807, 2.05) is 4.90 Å². The normalized spacial score (nSPS) is 23.6. The summed E-state index contributed by atoms with van der Waals surface area (Å²) >= 11 is 0. The summed E-state index contributed by atoms with van der Waals surface area (Å²) in [5, 5.41) is 8.98. The smallest absolute Gasteiger partial charge is 0.320 e. The van der Waals surface area contributed by atoms with Crippen LogP contribution in [0.5, 0.6) is 0 Å². The van der Waals surface area contributed by atoms with Crippen LogP contribution in [0, 0.1) is 11.8 Å². The van der Waals surface area contributed by atoms with Crippen molar-refractivity contribution >= 4 is 12.0 Å². The average molecular weight is 297 g/mol. The van der Waals surface area contributed by atoms with Gasteiger partial charge in [0.2, 0.25) is 0 Å². The summed E-state index contributed by atoms with van der Waals surface area (Å²) < 4.78 is 0. The molecule has 0 aromatic carbocycles. The first-order valence-electron chi connectivity index (χ1n) is 7.94. The van der Waals surface area contributed by atoms with E-state index in [4.69, 9.17) is 5.11 Å². The third-order valence-corrected chi connectivity index (χ3v) is 5.08. The van der Waals surface area contributed by atoms with E-state index < -0.39 is 5.97 Å². The van der Waals surface area contributed by atoms with Crippen molar-refractivity contribution in [2.24, 2.45) is 11.8 Å². The molecule has 2 heterocycles. The molecule has 2 aliphatic rings. The van der Waals surface area contributed by atoms with Gasteiger partial charge in [-0.2, -0.15) is 0 Å². The SMILES string of the molecule is CCC(C)N1CCN(C(=O)N2CC(C(C)C(=O)O)C2)CC1. The van der Waals surface area contributed by atoms with Gasteiger partial charge in [0.05, 0.1) is 5.92 Å². The highest BCUT2D eigenvalue weighted by Gasteiger charge is 2.39. The van der Waals surface area contributed by atoms with Crippen LogP contribution in [0.4, 0.5) is 4.79 Å². The van der Waals surface area contributed by atoms with E-state index in [9.17, 15) is 9.59 Å². The molecule has 0 spiro atoms. The van der Waals surface area contributed by atoms with E-state index in [0.717, 1.165) is 32.6 Å². The Balaban J connectivity index is 1.75. The van der Waals surface area contributed by atoms with Crippen molar-refractivity contribution in [2.75, 3.05) is 39.3 Å². The number of carbonyl (C=O) groups excluding carboxylic acids is 1. The Hall–Kier alpha value is -1.30. The van der Waals surface area contributed by atoms with Gasteiger partial charge in [-0.3, -0.25) is 9.69 Å². The molecule has 21 heavy (non-hydrogen) atoms. The second-order valence-corrected chi connectivity index (χ2v) is 6.35. The molecule has 2 fully saturated rings. The van der Waals surface area contributed by atoms with Crippen LogP contribution in [0.2, 0.25) is 0 Å². The second kappa shape index (κ2) is 6.64. The molecule has 2 saturated heterocycles. The molecule has 0 aliphatic carbocycles. The van der Waals surface area contributed by atoms with Crippen molar-refractivity contribution in [1.29, 1.82) is 0 Å². The number of aliphatic carboxylic acids is 1. The third-order valence-electron chi connectivity index (χ3n) is 5.08. The molecule has 6 heteroatoms. The van der Waals surface area contributed by atoms with Gasteiger partial charge in [0.25, 0.3) is 0 Å². The molecule has 0 aromatic heterocycles. The Morgan fingerprint density at radius 2 is 1.67 bits per heavy atom. The fourth-order valence-electron chi connectivity index (χ4n) is 3.00. The average Bonchev–Trinajstić information content (AvgIpc) is 2.44. The highest BCUT2D eigenvalue weighted by atomic mass is 16.4. The highest BCUT2D eigenvalue weighted by Crippen LogP contribution is 2.25. The molecule has 1 N–H and O–H groups in total. The minimum absolute atomic E-state index is 0.0765.